The van der Waals surface area contributed by atoms with Gasteiger partial charge in [0.1, 0.15) is 0 Å². The molecule has 132 valence electrons. The van der Waals surface area contributed by atoms with Gasteiger partial charge in [0.15, 0.2) is 11.5 Å². The summed E-state index contributed by atoms with van der Waals surface area (Å²) in [5, 5.41) is 0.450. The molecular formula is C16H13ClF2N2O4. The zero-order valence-electron chi connectivity index (χ0n) is 12.9. The fraction of sp³-hybridized carbons (Fsp3) is 0.125. The molecule has 0 heterocycles. The molecule has 9 heteroatoms. The highest BCUT2D eigenvalue weighted by atomic mass is 35.5. The molecule has 0 aliphatic carbocycles. The van der Waals surface area contributed by atoms with E-state index in [1.165, 1.54) is 49.6 Å². The second-order valence-electron chi connectivity index (χ2n) is 4.63. The Morgan fingerprint density at radius 2 is 1.68 bits per heavy atom. The number of amides is 2. The zero-order valence-corrected chi connectivity index (χ0v) is 13.6. The van der Waals surface area contributed by atoms with Crippen LogP contribution >= 0.6 is 11.6 Å². The van der Waals surface area contributed by atoms with E-state index < -0.39 is 24.2 Å². The summed E-state index contributed by atoms with van der Waals surface area (Å²) < 4.78 is 34.4. The number of alkyl halides is 2. The predicted octanol–water partition coefficient (Wildman–Crippen LogP) is 3.02. The van der Waals surface area contributed by atoms with Crippen molar-refractivity contribution in [3.63, 3.8) is 0 Å². The van der Waals surface area contributed by atoms with Crippen LogP contribution in [0.2, 0.25) is 5.02 Å². The molecule has 0 saturated carbocycles. The highest BCUT2D eigenvalue weighted by Crippen LogP contribution is 2.32. The normalized spacial score (nSPS) is 10.3. The van der Waals surface area contributed by atoms with Crippen molar-refractivity contribution in [3.8, 4) is 11.5 Å². The van der Waals surface area contributed by atoms with Gasteiger partial charge in [0.25, 0.3) is 11.8 Å². The van der Waals surface area contributed by atoms with Gasteiger partial charge in [-0.3, -0.25) is 20.4 Å². The number of methoxy groups -OCH3 is 1. The lowest BCUT2D eigenvalue weighted by Gasteiger charge is -2.14. The SMILES string of the molecule is COc1cccc(C(=O)NNC(=O)c2ccc(Cl)cc2)c1OC(F)F. The first kappa shape index (κ1) is 18.5. The number of carbonyl (C=O) groups is 2. The van der Waals surface area contributed by atoms with Gasteiger partial charge in [0, 0.05) is 10.6 Å². The molecule has 0 aliphatic rings. The molecule has 0 radical (unpaired) electrons. The van der Waals surface area contributed by atoms with Gasteiger partial charge >= 0.3 is 6.61 Å². The van der Waals surface area contributed by atoms with Crippen molar-refractivity contribution in [1.29, 1.82) is 0 Å². The monoisotopic (exact) mass is 370 g/mol. The van der Waals surface area contributed by atoms with Crippen LogP contribution in [0.3, 0.4) is 0 Å². The first-order chi connectivity index (χ1) is 11.9. The maximum atomic E-state index is 12.6. The van der Waals surface area contributed by atoms with Gasteiger partial charge in [-0.2, -0.15) is 8.78 Å². The van der Waals surface area contributed by atoms with E-state index in [4.69, 9.17) is 16.3 Å². The van der Waals surface area contributed by atoms with Crippen molar-refractivity contribution >= 4 is 23.4 Å². The smallest absolute Gasteiger partial charge is 0.387 e. The lowest BCUT2D eigenvalue weighted by Crippen LogP contribution is -2.41. The third kappa shape index (κ3) is 4.80. The van der Waals surface area contributed by atoms with E-state index in [0.717, 1.165) is 0 Å². The van der Waals surface area contributed by atoms with Gasteiger partial charge in [-0.25, -0.2) is 0 Å². The lowest BCUT2D eigenvalue weighted by molar-refractivity contribution is -0.0515. The first-order valence-corrected chi connectivity index (χ1v) is 7.28. The predicted molar refractivity (Wildman–Crippen MR) is 86.0 cm³/mol. The van der Waals surface area contributed by atoms with Gasteiger partial charge in [0.2, 0.25) is 0 Å². The molecule has 6 nitrogen and oxygen atoms in total. The van der Waals surface area contributed by atoms with Crippen LogP contribution in [0.25, 0.3) is 0 Å². The first-order valence-electron chi connectivity index (χ1n) is 6.90. The van der Waals surface area contributed by atoms with Crippen LogP contribution in [0.15, 0.2) is 42.5 Å². The minimum Gasteiger partial charge on any atom is -0.493 e. The minimum atomic E-state index is -3.15. The number of hydrazine groups is 1. The summed E-state index contributed by atoms with van der Waals surface area (Å²) in [6.07, 6.45) is 0. The van der Waals surface area contributed by atoms with E-state index in [0.29, 0.717) is 5.02 Å². The third-order valence-electron chi connectivity index (χ3n) is 3.05. The van der Waals surface area contributed by atoms with E-state index in [1.54, 1.807) is 0 Å². The average molecular weight is 371 g/mol. The topological polar surface area (TPSA) is 76.7 Å². The van der Waals surface area contributed by atoms with Crippen molar-refractivity contribution in [2.45, 2.75) is 6.61 Å². The molecule has 0 atom stereocenters. The number of nitrogens with one attached hydrogen (secondary N) is 2. The Balaban J connectivity index is 2.12. The van der Waals surface area contributed by atoms with Crippen molar-refractivity contribution < 1.29 is 27.8 Å². The van der Waals surface area contributed by atoms with Gasteiger partial charge < -0.3 is 9.47 Å². The van der Waals surface area contributed by atoms with Crippen molar-refractivity contribution in [3.05, 3.63) is 58.6 Å². The Morgan fingerprint density at radius 1 is 1.04 bits per heavy atom. The van der Waals surface area contributed by atoms with E-state index in [2.05, 4.69) is 15.6 Å². The average Bonchev–Trinajstić information content (AvgIpc) is 2.59. The molecule has 0 saturated heterocycles. The van der Waals surface area contributed by atoms with Crippen molar-refractivity contribution in [2.75, 3.05) is 7.11 Å². The Morgan fingerprint density at radius 3 is 2.28 bits per heavy atom. The molecule has 2 aromatic rings. The van der Waals surface area contributed by atoms with E-state index >= 15 is 0 Å². The number of hydrogen-bond acceptors (Lipinski definition) is 4. The Bertz CT molecular complexity index is 769. The lowest BCUT2D eigenvalue weighted by atomic mass is 10.1. The molecule has 2 amide bonds. The summed E-state index contributed by atoms with van der Waals surface area (Å²) in [7, 11) is 1.25. The second-order valence-corrected chi connectivity index (χ2v) is 5.07. The molecular weight excluding hydrogens is 358 g/mol. The molecule has 2 aromatic carbocycles. The van der Waals surface area contributed by atoms with Crippen molar-refractivity contribution in [1.82, 2.24) is 10.9 Å². The van der Waals surface area contributed by atoms with Gasteiger partial charge in [-0.15, -0.1) is 0 Å². The number of rotatable bonds is 5. The van der Waals surface area contributed by atoms with Crippen LogP contribution in [0.1, 0.15) is 20.7 Å². The molecule has 2 N–H and O–H groups in total. The molecule has 0 aliphatic heterocycles. The van der Waals surface area contributed by atoms with E-state index in [-0.39, 0.29) is 16.9 Å². The van der Waals surface area contributed by atoms with Crippen molar-refractivity contribution in [2.24, 2.45) is 0 Å². The fourth-order valence-electron chi connectivity index (χ4n) is 1.92. The fourth-order valence-corrected chi connectivity index (χ4v) is 2.05. The molecule has 0 unspecified atom stereocenters. The maximum absolute atomic E-state index is 12.6. The molecule has 0 aromatic heterocycles. The molecule has 0 bridgehead atoms. The summed E-state index contributed by atoms with van der Waals surface area (Å²) in [5.74, 6) is -1.93. The highest BCUT2D eigenvalue weighted by molar-refractivity contribution is 6.30. The van der Waals surface area contributed by atoms with Gasteiger partial charge in [0.05, 0.1) is 12.7 Å². The highest BCUT2D eigenvalue weighted by Gasteiger charge is 2.20. The number of para-hydroxylation sites is 1. The van der Waals surface area contributed by atoms with E-state index in [9.17, 15) is 18.4 Å². The van der Waals surface area contributed by atoms with Crippen LogP contribution in [-0.2, 0) is 0 Å². The number of hydrogen-bond donors (Lipinski definition) is 2. The minimum absolute atomic E-state index is 0.0445. The van der Waals surface area contributed by atoms with Crippen LogP contribution in [0.5, 0.6) is 11.5 Å². The summed E-state index contributed by atoms with van der Waals surface area (Å²) in [6.45, 7) is -3.15. The summed E-state index contributed by atoms with van der Waals surface area (Å²) in [5.41, 5.74) is 4.32. The largest absolute Gasteiger partial charge is 0.493 e. The summed E-state index contributed by atoms with van der Waals surface area (Å²) >= 11 is 5.72. The molecule has 25 heavy (non-hydrogen) atoms. The Hall–Kier alpha value is -2.87. The summed E-state index contributed by atoms with van der Waals surface area (Å²) in [4.78, 5) is 24.1. The Labute approximate surface area is 146 Å². The molecule has 0 spiro atoms. The van der Waals surface area contributed by atoms with Gasteiger partial charge in [-0.1, -0.05) is 17.7 Å². The second kappa shape index (κ2) is 8.29. The van der Waals surface area contributed by atoms with E-state index in [1.807, 2.05) is 0 Å². The molecule has 0 fully saturated rings. The zero-order chi connectivity index (χ0) is 18.4. The number of halogens is 3. The standard InChI is InChI=1S/C16H13ClF2N2O4/c1-24-12-4-2-3-11(13(12)25-16(18)19)15(23)21-20-14(22)9-5-7-10(17)8-6-9/h2-8,16H,1H3,(H,20,22)(H,21,23). The summed E-state index contributed by atoms with van der Waals surface area (Å²) in [6, 6.07) is 9.98. The maximum Gasteiger partial charge on any atom is 0.387 e. The van der Waals surface area contributed by atoms with Crippen LogP contribution in [-0.4, -0.2) is 25.5 Å². The van der Waals surface area contributed by atoms with Crippen LogP contribution in [0.4, 0.5) is 8.78 Å². The van der Waals surface area contributed by atoms with Gasteiger partial charge in [-0.05, 0) is 36.4 Å². The third-order valence-corrected chi connectivity index (χ3v) is 3.30. The Kier molecular flexibility index (Phi) is 6.13. The number of benzene rings is 2. The molecule has 2 rings (SSSR count). The van der Waals surface area contributed by atoms with Crippen LogP contribution in [0, 0.1) is 0 Å². The number of ether oxygens (including phenoxy) is 2. The quantitative estimate of drug-likeness (QED) is 0.793. The van der Waals surface area contributed by atoms with Crippen LogP contribution < -0.4 is 20.3 Å². The number of carbonyl (C=O) groups excluding carboxylic acids is 2.